The van der Waals surface area contributed by atoms with Crippen LogP contribution in [0.3, 0.4) is 0 Å². The molecule has 1 saturated carbocycles. The molecule has 0 atom stereocenters. The van der Waals surface area contributed by atoms with Crippen molar-refractivity contribution in [1.82, 2.24) is 4.90 Å². The highest BCUT2D eigenvalue weighted by molar-refractivity contribution is 5.62. The first-order valence-corrected chi connectivity index (χ1v) is 6.28. The van der Waals surface area contributed by atoms with E-state index in [2.05, 4.69) is 30.4 Å². The minimum absolute atomic E-state index is 0.280. The fraction of sp³-hybridized carbons (Fsp3) is 0.500. The Morgan fingerprint density at radius 2 is 2.17 bits per heavy atom. The van der Waals surface area contributed by atoms with Crippen LogP contribution in [-0.2, 0) is 0 Å². The third kappa shape index (κ3) is 2.27. The van der Waals surface area contributed by atoms with Crippen molar-refractivity contribution in [1.29, 1.82) is 5.26 Å². The van der Waals surface area contributed by atoms with Crippen LogP contribution >= 0.6 is 0 Å². The van der Waals surface area contributed by atoms with E-state index in [4.69, 9.17) is 11.0 Å². The highest BCUT2D eigenvalue weighted by Gasteiger charge is 2.38. The zero-order valence-corrected chi connectivity index (χ0v) is 11.0. The van der Waals surface area contributed by atoms with E-state index in [9.17, 15) is 0 Å². The van der Waals surface area contributed by atoms with Crippen molar-refractivity contribution in [3.05, 3.63) is 23.8 Å². The van der Waals surface area contributed by atoms with Gasteiger partial charge < -0.3 is 16.0 Å². The van der Waals surface area contributed by atoms with E-state index in [1.807, 2.05) is 12.1 Å². The first kappa shape index (κ1) is 12.7. The minimum atomic E-state index is 0.280. The molecule has 0 heterocycles. The summed E-state index contributed by atoms with van der Waals surface area (Å²) < 4.78 is 0. The normalized spacial score (nSPS) is 17.0. The minimum Gasteiger partial charge on any atom is -0.398 e. The van der Waals surface area contributed by atoms with Crippen LogP contribution in [0.2, 0.25) is 0 Å². The van der Waals surface area contributed by atoms with Gasteiger partial charge >= 0.3 is 0 Å². The van der Waals surface area contributed by atoms with E-state index in [1.165, 1.54) is 19.3 Å². The van der Waals surface area contributed by atoms with Crippen molar-refractivity contribution in [2.75, 3.05) is 31.7 Å². The molecule has 1 aromatic rings. The van der Waals surface area contributed by atoms with Gasteiger partial charge in [0.15, 0.2) is 0 Å². The second-order valence-electron chi connectivity index (χ2n) is 5.24. The molecule has 96 valence electrons. The quantitative estimate of drug-likeness (QED) is 0.795. The topological polar surface area (TPSA) is 65.1 Å². The summed E-state index contributed by atoms with van der Waals surface area (Å²) in [6.07, 6.45) is 3.77. The van der Waals surface area contributed by atoms with Gasteiger partial charge in [0.1, 0.15) is 6.07 Å². The number of hydrogen-bond donors (Lipinski definition) is 2. The van der Waals surface area contributed by atoms with Crippen molar-refractivity contribution in [3.63, 3.8) is 0 Å². The maximum atomic E-state index is 8.83. The molecule has 0 amide bonds. The standard InChI is InChI=1S/C14H20N4/c1-18(2)14(6-3-7-14)10-17-12-5-4-11(9-15)13(16)8-12/h4-5,8,17H,3,6-7,10,16H2,1-2H3. The number of nitrogens with zero attached hydrogens (tertiary/aromatic N) is 2. The van der Waals surface area contributed by atoms with E-state index in [0.29, 0.717) is 11.3 Å². The molecule has 2 rings (SSSR count). The average Bonchev–Trinajstić information content (AvgIpc) is 2.27. The molecule has 1 aliphatic rings. The van der Waals surface area contributed by atoms with Crippen LogP contribution in [0.4, 0.5) is 11.4 Å². The number of rotatable bonds is 4. The molecular formula is C14H20N4. The predicted molar refractivity (Wildman–Crippen MR) is 74.3 cm³/mol. The first-order chi connectivity index (χ1) is 8.57. The van der Waals surface area contributed by atoms with Crippen molar-refractivity contribution in [2.24, 2.45) is 0 Å². The highest BCUT2D eigenvalue weighted by Crippen LogP contribution is 2.36. The molecule has 4 nitrogen and oxygen atoms in total. The molecule has 3 N–H and O–H groups in total. The van der Waals surface area contributed by atoms with Gasteiger partial charge in [-0.05, 0) is 51.6 Å². The number of hydrogen-bond acceptors (Lipinski definition) is 4. The van der Waals surface area contributed by atoms with Gasteiger partial charge in [-0.1, -0.05) is 0 Å². The lowest BCUT2D eigenvalue weighted by Gasteiger charge is -2.47. The molecule has 18 heavy (non-hydrogen) atoms. The maximum Gasteiger partial charge on any atom is 0.101 e. The van der Waals surface area contributed by atoms with Gasteiger partial charge in [0.25, 0.3) is 0 Å². The number of nitrogens with two attached hydrogens (primary N) is 1. The second-order valence-corrected chi connectivity index (χ2v) is 5.24. The molecule has 1 fully saturated rings. The van der Waals surface area contributed by atoms with Crippen LogP contribution in [0.25, 0.3) is 0 Å². The zero-order valence-electron chi connectivity index (χ0n) is 11.0. The number of benzene rings is 1. The van der Waals surface area contributed by atoms with Gasteiger partial charge in [0.05, 0.1) is 11.3 Å². The monoisotopic (exact) mass is 244 g/mol. The summed E-state index contributed by atoms with van der Waals surface area (Å²) >= 11 is 0. The Kier molecular flexibility index (Phi) is 3.44. The molecule has 0 bridgehead atoms. The van der Waals surface area contributed by atoms with E-state index in [0.717, 1.165) is 12.2 Å². The third-order valence-electron chi connectivity index (χ3n) is 4.03. The molecule has 0 unspecified atom stereocenters. The van der Waals surface area contributed by atoms with Gasteiger partial charge in [-0.3, -0.25) is 0 Å². The lowest BCUT2D eigenvalue weighted by molar-refractivity contribution is 0.0739. The van der Waals surface area contributed by atoms with Crippen LogP contribution in [0.5, 0.6) is 0 Å². The number of anilines is 2. The Morgan fingerprint density at radius 1 is 1.44 bits per heavy atom. The maximum absolute atomic E-state index is 8.83. The highest BCUT2D eigenvalue weighted by atomic mass is 15.2. The SMILES string of the molecule is CN(C)C1(CNc2ccc(C#N)c(N)c2)CCC1. The predicted octanol–water partition coefficient (Wildman–Crippen LogP) is 2.04. The summed E-state index contributed by atoms with van der Waals surface area (Å²) in [6.45, 7) is 0.922. The van der Waals surface area contributed by atoms with Crippen LogP contribution in [0.15, 0.2) is 18.2 Å². The zero-order chi connectivity index (χ0) is 13.2. The molecule has 0 aliphatic heterocycles. The Bertz CT molecular complexity index is 469. The van der Waals surface area contributed by atoms with Crippen molar-refractivity contribution < 1.29 is 0 Å². The molecular weight excluding hydrogens is 224 g/mol. The number of nitrogen functional groups attached to an aromatic ring is 1. The Labute approximate surface area is 108 Å². The summed E-state index contributed by atoms with van der Waals surface area (Å²) in [5.41, 5.74) is 8.14. The summed E-state index contributed by atoms with van der Waals surface area (Å²) in [5.74, 6) is 0. The molecule has 0 radical (unpaired) electrons. The molecule has 1 aromatic carbocycles. The summed E-state index contributed by atoms with van der Waals surface area (Å²) in [6, 6.07) is 7.59. The summed E-state index contributed by atoms with van der Waals surface area (Å²) in [4.78, 5) is 2.30. The molecule has 1 aliphatic carbocycles. The van der Waals surface area contributed by atoms with Gasteiger partial charge in [-0.15, -0.1) is 0 Å². The molecule has 0 saturated heterocycles. The van der Waals surface area contributed by atoms with Crippen LogP contribution in [0.1, 0.15) is 24.8 Å². The largest absolute Gasteiger partial charge is 0.398 e. The smallest absolute Gasteiger partial charge is 0.101 e. The Morgan fingerprint density at radius 3 is 2.61 bits per heavy atom. The summed E-state index contributed by atoms with van der Waals surface area (Å²) in [5, 5.41) is 12.3. The van der Waals surface area contributed by atoms with E-state index < -0.39 is 0 Å². The Hall–Kier alpha value is -1.73. The van der Waals surface area contributed by atoms with Crippen molar-refractivity contribution in [3.8, 4) is 6.07 Å². The molecule has 0 aromatic heterocycles. The van der Waals surface area contributed by atoms with E-state index in [-0.39, 0.29) is 5.54 Å². The number of nitrogens with one attached hydrogen (secondary N) is 1. The lowest BCUT2D eigenvalue weighted by atomic mass is 9.75. The Balaban J connectivity index is 2.02. The fourth-order valence-corrected chi connectivity index (χ4v) is 2.41. The van der Waals surface area contributed by atoms with Gasteiger partial charge in [-0.25, -0.2) is 0 Å². The van der Waals surface area contributed by atoms with E-state index in [1.54, 1.807) is 6.07 Å². The summed E-state index contributed by atoms with van der Waals surface area (Å²) in [7, 11) is 4.27. The van der Waals surface area contributed by atoms with Crippen LogP contribution in [-0.4, -0.2) is 31.1 Å². The second kappa shape index (κ2) is 4.87. The molecule has 4 heteroatoms. The van der Waals surface area contributed by atoms with Gasteiger partial charge in [-0.2, -0.15) is 5.26 Å². The number of likely N-dealkylation sites (N-methyl/N-ethyl adjacent to an activating group) is 1. The van der Waals surface area contributed by atoms with Crippen LogP contribution in [0, 0.1) is 11.3 Å². The van der Waals surface area contributed by atoms with Gasteiger partial charge in [0, 0.05) is 17.8 Å². The third-order valence-corrected chi connectivity index (χ3v) is 4.03. The van der Waals surface area contributed by atoms with Crippen LogP contribution < -0.4 is 11.1 Å². The van der Waals surface area contributed by atoms with Crippen molar-refractivity contribution >= 4 is 11.4 Å². The van der Waals surface area contributed by atoms with E-state index >= 15 is 0 Å². The first-order valence-electron chi connectivity index (χ1n) is 6.28. The number of nitriles is 1. The fourth-order valence-electron chi connectivity index (χ4n) is 2.41. The average molecular weight is 244 g/mol. The van der Waals surface area contributed by atoms with Crippen molar-refractivity contribution in [2.45, 2.75) is 24.8 Å². The van der Waals surface area contributed by atoms with Gasteiger partial charge in [0.2, 0.25) is 0 Å². The lowest BCUT2D eigenvalue weighted by Crippen LogP contribution is -2.54. The molecule has 0 spiro atoms.